The average Bonchev–Trinajstić information content (AvgIpc) is 2.68. The molecule has 0 aliphatic rings. The maximum atomic E-state index is 12.5. The van der Waals surface area contributed by atoms with Crippen molar-refractivity contribution in [1.29, 1.82) is 0 Å². The first-order valence-electron chi connectivity index (χ1n) is 10.4. The van der Waals surface area contributed by atoms with Gasteiger partial charge in [-0.05, 0) is 48.0 Å². The predicted molar refractivity (Wildman–Crippen MR) is 115 cm³/mol. The van der Waals surface area contributed by atoms with Crippen LogP contribution in [0.1, 0.15) is 54.4 Å². The summed E-state index contributed by atoms with van der Waals surface area (Å²) >= 11 is 0. The number of carbonyl (C=O) groups excluding carboxylic acids is 3. The molecule has 16 heteroatoms. The summed E-state index contributed by atoms with van der Waals surface area (Å²) in [5.41, 5.74) is -3.55. The van der Waals surface area contributed by atoms with Crippen LogP contribution in [0.4, 0.5) is 4.79 Å². The molecule has 0 radical (unpaired) electrons. The Morgan fingerprint density at radius 2 is 1.37 bits per heavy atom. The van der Waals surface area contributed by atoms with E-state index in [4.69, 9.17) is 14.2 Å². The third-order valence-corrected chi connectivity index (χ3v) is 3.85. The minimum atomic E-state index is -1.81. The van der Waals surface area contributed by atoms with Crippen LogP contribution in [0, 0.1) is 25.6 Å². The van der Waals surface area contributed by atoms with E-state index in [1.54, 1.807) is 41.5 Å². The van der Waals surface area contributed by atoms with Gasteiger partial charge in [0.2, 0.25) is 0 Å². The van der Waals surface area contributed by atoms with E-state index < -0.39 is 83.7 Å². The molecule has 0 fully saturated rings. The maximum Gasteiger partial charge on any atom is 0.408 e. The van der Waals surface area contributed by atoms with Gasteiger partial charge >= 0.3 is 18.0 Å². The highest BCUT2D eigenvalue weighted by atomic mass is 17.0. The Hall–Kier alpha value is -3.43. The summed E-state index contributed by atoms with van der Waals surface area (Å²) in [6, 6.07) is -1.28. The summed E-state index contributed by atoms with van der Waals surface area (Å²) in [4.78, 5) is 66.2. The maximum absolute atomic E-state index is 12.5. The fraction of sp³-hybridized carbons (Fsp3) is 0.842. The first kappa shape index (κ1) is 31.6. The first-order valence-corrected chi connectivity index (χ1v) is 10.4. The number of aliphatic hydroxyl groups is 1. The Labute approximate surface area is 201 Å². The Morgan fingerprint density at radius 1 is 0.886 bits per heavy atom. The Morgan fingerprint density at radius 3 is 1.77 bits per heavy atom. The zero-order valence-corrected chi connectivity index (χ0v) is 20.6. The van der Waals surface area contributed by atoms with Crippen molar-refractivity contribution in [2.45, 2.75) is 71.6 Å². The molecular weight excluding hydrogens is 478 g/mol. The van der Waals surface area contributed by atoms with E-state index >= 15 is 0 Å². The molecule has 0 bridgehead atoms. The Balaban J connectivity index is 5.24. The van der Waals surface area contributed by atoms with Crippen molar-refractivity contribution in [1.82, 2.24) is 5.32 Å². The van der Waals surface area contributed by atoms with E-state index in [1.165, 1.54) is 0 Å². The highest BCUT2D eigenvalue weighted by Crippen LogP contribution is 2.20. The molecule has 0 aliphatic heterocycles. The van der Waals surface area contributed by atoms with Crippen molar-refractivity contribution in [3.63, 3.8) is 0 Å². The SMILES string of the molecule is CC(C)(C)OC(=O)NC(CCC(=O)OCC(CO)(CO[N+](=O)[O-])CO[N+](=O)[O-])C(=O)OC(C)(C)C. The topological polar surface area (TPSA) is 216 Å². The third-order valence-electron chi connectivity index (χ3n) is 3.85. The van der Waals surface area contributed by atoms with Gasteiger partial charge in [0.25, 0.3) is 10.2 Å². The summed E-state index contributed by atoms with van der Waals surface area (Å²) in [7, 11) is 0. The lowest BCUT2D eigenvalue weighted by Gasteiger charge is -2.29. The van der Waals surface area contributed by atoms with Gasteiger partial charge in [-0.2, -0.15) is 0 Å². The van der Waals surface area contributed by atoms with E-state index in [2.05, 4.69) is 15.0 Å². The quantitative estimate of drug-likeness (QED) is 0.144. The molecule has 0 aliphatic carbocycles. The molecule has 0 saturated carbocycles. The standard InChI is InChI=1S/C19H33N3O13/c1-17(2,3)34-15(25)13(20-16(26)35-18(4,5)6)7-8-14(24)31-10-19(9-23,11-32-21(27)28)12-33-22(29)30/h13,23H,7-12H2,1-6H3,(H,20,26). The summed E-state index contributed by atoms with van der Waals surface area (Å²) in [6.45, 7) is 6.30. The largest absolute Gasteiger partial charge is 0.465 e. The first-order chi connectivity index (χ1) is 15.9. The fourth-order valence-corrected chi connectivity index (χ4v) is 2.28. The molecule has 0 spiro atoms. The van der Waals surface area contributed by atoms with Crippen LogP contribution < -0.4 is 5.32 Å². The minimum absolute atomic E-state index is 0.268. The lowest BCUT2D eigenvalue weighted by molar-refractivity contribution is -0.772. The lowest BCUT2D eigenvalue weighted by Crippen LogP contribution is -2.46. The molecule has 1 unspecified atom stereocenters. The van der Waals surface area contributed by atoms with E-state index in [0.717, 1.165) is 0 Å². The van der Waals surface area contributed by atoms with Crippen LogP contribution >= 0.6 is 0 Å². The average molecular weight is 511 g/mol. The van der Waals surface area contributed by atoms with Gasteiger partial charge in [0, 0.05) is 6.42 Å². The van der Waals surface area contributed by atoms with Crippen LogP contribution in [0.3, 0.4) is 0 Å². The summed E-state index contributed by atoms with van der Waals surface area (Å²) < 4.78 is 15.3. The molecule has 0 aromatic rings. The molecule has 1 atom stereocenters. The molecule has 0 rings (SSSR count). The van der Waals surface area contributed by atoms with Crippen molar-refractivity contribution >= 4 is 18.0 Å². The third kappa shape index (κ3) is 15.2. The van der Waals surface area contributed by atoms with E-state index in [1.807, 2.05) is 0 Å². The minimum Gasteiger partial charge on any atom is -0.465 e. The molecule has 16 nitrogen and oxygen atoms in total. The Kier molecular flexibility index (Phi) is 12.1. The number of alkyl carbamates (subject to hydrolysis) is 1. The second kappa shape index (κ2) is 13.5. The number of hydrogen-bond acceptors (Lipinski definition) is 13. The zero-order valence-electron chi connectivity index (χ0n) is 20.6. The van der Waals surface area contributed by atoms with Gasteiger partial charge in [-0.15, -0.1) is 20.2 Å². The van der Waals surface area contributed by atoms with Gasteiger partial charge in [-0.25, -0.2) is 9.59 Å². The number of nitrogens with zero attached hydrogens (tertiary/aromatic N) is 2. The van der Waals surface area contributed by atoms with E-state index in [0.29, 0.717) is 0 Å². The highest BCUT2D eigenvalue weighted by Gasteiger charge is 2.35. The number of nitrogens with one attached hydrogen (secondary N) is 1. The van der Waals surface area contributed by atoms with Crippen molar-refractivity contribution in [3.8, 4) is 0 Å². The van der Waals surface area contributed by atoms with Crippen molar-refractivity contribution in [2.75, 3.05) is 26.4 Å². The summed E-state index contributed by atoms with van der Waals surface area (Å²) in [6.07, 6.45) is -1.63. The molecular formula is C19H33N3O13. The normalized spacial score (nSPS) is 12.7. The highest BCUT2D eigenvalue weighted by molar-refractivity contribution is 5.82. The van der Waals surface area contributed by atoms with Gasteiger partial charge in [0.15, 0.2) is 0 Å². The van der Waals surface area contributed by atoms with Crippen LogP contribution in [0.15, 0.2) is 0 Å². The Bertz CT molecular complexity index is 740. The van der Waals surface area contributed by atoms with Gasteiger partial charge < -0.3 is 34.3 Å². The van der Waals surface area contributed by atoms with Crippen LogP contribution in [0.5, 0.6) is 0 Å². The number of esters is 2. The van der Waals surface area contributed by atoms with Crippen molar-refractivity contribution in [2.24, 2.45) is 5.41 Å². The second-order valence-corrected chi connectivity index (χ2v) is 9.58. The molecule has 0 aromatic carbocycles. The van der Waals surface area contributed by atoms with E-state index in [9.17, 15) is 39.7 Å². The second-order valence-electron chi connectivity index (χ2n) is 9.58. The van der Waals surface area contributed by atoms with E-state index in [-0.39, 0.29) is 6.42 Å². The van der Waals surface area contributed by atoms with Gasteiger partial charge in [0.05, 0.1) is 12.0 Å². The van der Waals surface area contributed by atoms with Crippen LogP contribution in [0.25, 0.3) is 0 Å². The van der Waals surface area contributed by atoms with Crippen molar-refractivity contribution < 1.29 is 53.5 Å². The lowest BCUT2D eigenvalue weighted by atomic mass is 9.92. The number of ether oxygens (including phenoxy) is 3. The predicted octanol–water partition coefficient (Wildman–Crippen LogP) is 0.940. The smallest absolute Gasteiger partial charge is 0.408 e. The fourth-order valence-electron chi connectivity index (χ4n) is 2.28. The number of carbonyl (C=O) groups is 3. The molecule has 0 heterocycles. The number of amides is 1. The van der Waals surface area contributed by atoms with Gasteiger partial charge in [-0.3, -0.25) is 4.79 Å². The summed E-state index contributed by atoms with van der Waals surface area (Å²) in [5, 5.41) is 30.5. The molecule has 202 valence electrons. The zero-order chi connectivity index (χ0) is 27.4. The number of hydrogen-bond donors (Lipinski definition) is 2. The van der Waals surface area contributed by atoms with Crippen molar-refractivity contribution in [3.05, 3.63) is 20.2 Å². The molecule has 2 N–H and O–H groups in total. The number of aliphatic hydroxyl groups excluding tert-OH is 1. The van der Waals surface area contributed by atoms with Crippen LogP contribution in [-0.4, -0.2) is 77.0 Å². The molecule has 0 aromatic heterocycles. The monoisotopic (exact) mass is 511 g/mol. The van der Waals surface area contributed by atoms with Gasteiger partial charge in [0.1, 0.15) is 37.1 Å². The molecule has 0 saturated heterocycles. The van der Waals surface area contributed by atoms with Crippen LogP contribution in [-0.2, 0) is 33.5 Å². The van der Waals surface area contributed by atoms with Gasteiger partial charge in [-0.1, -0.05) is 0 Å². The molecule has 1 amide bonds. The summed E-state index contributed by atoms with van der Waals surface area (Å²) in [5.74, 6) is -1.77. The molecule has 35 heavy (non-hydrogen) atoms. The number of rotatable bonds is 14. The van der Waals surface area contributed by atoms with Crippen LogP contribution in [0.2, 0.25) is 0 Å².